The summed E-state index contributed by atoms with van der Waals surface area (Å²) in [4.78, 5) is 22.2. The third kappa shape index (κ3) is 11.0. The van der Waals surface area contributed by atoms with E-state index in [0.29, 0.717) is 35.7 Å². The number of carbonyl (C=O) groups excluding carboxylic acids is 2. The lowest BCUT2D eigenvalue weighted by Crippen LogP contribution is -2.07. The van der Waals surface area contributed by atoms with Crippen LogP contribution >= 0.6 is 0 Å². The van der Waals surface area contributed by atoms with Crippen LogP contribution in [0.25, 0.3) is 0 Å². The van der Waals surface area contributed by atoms with Crippen LogP contribution in [0.2, 0.25) is 0 Å². The zero-order valence-electron chi connectivity index (χ0n) is 15.2. The molecule has 0 saturated carbocycles. The van der Waals surface area contributed by atoms with E-state index in [1.165, 1.54) is 6.92 Å². The third-order valence-corrected chi connectivity index (χ3v) is 3.44. The molecule has 0 aliphatic carbocycles. The van der Waals surface area contributed by atoms with Crippen LogP contribution in [-0.4, -0.2) is 32.1 Å². The number of ketones is 1. The van der Waals surface area contributed by atoms with Crippen LogP contribution < -0.4 is 11.5 Å². The van der Waals surface area contributed by atoms with Gasteiger partial charge in [0, 0.05) is 30.7 Å². The monoisotopic (exact) mass is 390 g/mol. The van der Waals surface area contributed by atoms with Gasteiger partial charge in [0.25, 0.3) is 0 Å². The van der Waals surface area contributed by atoms with Gasteiger partial charge in [-0.15, -0.1) is 0 Å². The molecule has 156 valence electrons. The number of methoxy groups -OCH3 is 1. The predicted molar refractivity (Wildman–Crippen MR) is 117 cm³/mol. The standard InChI is InChI=1S/C12H17NO3.C8H9NO.2CH4/c1-15-8-2-3-9-16-12(14)10-4-6-11(13)7-5-10;1-6(10)7-2-4-8(9)5-3-7;;/h4-7H,2-3,8-9,13H2,1H3;2-5H,9H2,1H3;2*1H4. The van der Waals surface area contributed by atoms with Gasteiger partial charge in [0.05, 0.1) is 12.2 Å². The Morgan fingerprint density at radius 1 is 0.786 bits per heavy atom. The van der Waals surface area contributed by atoms with Crippen LogP contribution in [0.15, 0.2) is 48.5 Å². The number of unbranched alkanes of at least 4 members (excludes halogenated alkanes) is 1. The van der Waals surface area contributed by atoms with Crippen LogP contribution in [0, 0.1) is 0 Å². The van der Waals surface area contributed by atoms with Gasteiger partial charge in [-0.3, -0.25) is 4.79 Å². The van der Waals surface area contributed by atoms with Crippen molar-refractivity contribution in [2.45, 2.75) is 34.6 Å². The lowest BCUT2D eigenvalue weighted by Gasteiger charge is -2.04. The van der Waals surface area contributed by atoms with E-state index in [1.807, 2.05) is 0 Å². The average Bonchev–Trinajstić information content (AvgIpc) is 2.63. The van der Waals surface area contributed by atoms with Crippen LogP contribution in [0.1, 0.15) is 55.3 Å². The van der Waals surface area contributed by atoms with Gasteiger partial charge in [-0.05, 0) is 68.3 Å². The number of hydrogen-bond donors (Lipinski definition) is 2. The lowest BCUT2D eigenvalue weighted by molar-refractivity contribution is 0.0489. The minimum absolute atomic E-state index is 0. The third-order valence-electron chi connectivity index (χ3n) is 3.44. The molecule has 4 N–H and O–H groups in total. The van der Waals surface area contributed by atoms with E-state index in [4.69, 9.17) is 20.9 Å². The summed E-state index contributed by atoms with van der Waals surface area (Å²) in [6.07, 6.45) is 1.71. The fourth-order valence-electron chi connectivity index (χ4n) is 1.93. The Morgan fingerprint density at radius 2 is 1.21 bits per heavy atom. The van der Waals surface area contributed by atoms with Gasteiger partial charge in [-0.2, -0.15) is 0 Å². The summed E-state index contributed by atoms with van der Waals surface area (Å²) in [5.74, 6) is -0.239. The van der Waals surface area contributed by atoms with Crippen molar-refractivity contribution in [3.63, 3.8) is 0 Å². The topological polar surface area (TPSA) is 105 Å². The van der Waals surface area contributed by atoms with Crippen molar-refractivity contribution in [3.8, 4) is 0 Å². The molecule has 0 bridgehead atoms. The molecule has 6 nitrogen and oxygen atoms in total. The van der Waals surface area contributed by atoms with E-state index in [1.54, 1.807) is 55.6 Å². The molecule has 0 spiro atoms. The molecule has 0 amide bonds. The molecular formula is C22H34N2O4. The van der Waals surface area contributed by atoms with Crippen molar-refractivity contribution in [2.75, 3.05) is 31.8 Å². The second-order valence-electron chi connectivity index (χ2n) is 5.64. The maximum atomic E-state index is 11.5. The Hall–Kier alpha value is -2.86. The molecule has 0 atom stereocenters. The van der Waals surface area contributed by atoms with Gasteiger partial charge in [-0.1, -0.05) is 14.9 Å². The second-order valence-corrected chi connectivity index (χ2v) is 5.64. The number of hydrogen-bond acceptors (Lipinski definition) is 6. The van der Waals surface area contributed by atoms with Crippen molar-refractivity contribution < 1.29 is 19.1 Å². The van der Waals surface area contributed by atoms with Crippen LogP contribution in [-0.2, 0) is 9.47 Å². The van der Waals surface area contributed by atoms with Crippen molar-refractivity contribution in [2.24, 2.45) is 0 Å². The van der Waals surface area contributed by atoms with Gasteiger partial charge < -0.3 is 20.9 Å². The second kappa shape index (κ2) is 15.2. The molecule has 0 aliphatic rings. The first-order chi connectivity index (χ1) is 12.4. The fourth-order valence-corrected chi connectivity index (χ4v) is 1.93. The summed E-state index contributed by atoms with van der Waals surface area (Å²) in [7, 11) is 1.65. The van der Waals surface area contributed by atoms with E-state index in [0.717, 1.165) is 12.8 Å². The summed E-state index contributed by atoms with van der Waals surface area (Å²) in [5, 5.41) is 0. The number of nitrogen functional groups attached to an aromatic ring is 2. The van der Waals surface area contributed by atoms with Crippen LogP contribution in [0.3, 0.4) is 0 Å². The van der Waals surface area contributed by atoms with Gasteiger partial charge in [0.15, 0.2) is 5.78 Å². The predicted octanol–water partition coefficient (Wildman–Crippen LogP) is 4.60. The Bertz CT molecular complexity index is 683. The highest BCUT2D eigenvalue weighted by Crippen LogP contribution is 2.07. The Kier molecular flexibility index (Phi) is 14.9. The normalized spacial score (nSPS) is 9.07. The Balaban J connectivity index is 0. The van der Waals surface area contributed by atoms with Gasteiger partial charge in [-0.25, -0.2) is 4.79 Å². The van der Waals surface area contributed by atoms with E-state index in [9.17, 15) is 9.59 Å². The van der Waals surface area contributed by atoms with Crippen molar-refractivity contribution in [1.82, 2.24) is 0 Å². The van der Waals surface area contributed by atoms with Gasteiger partial charge in [0.2, 0.25) is 0 Å². The summed E-state index contributed by atoms with van der Waals surface area (Å²) in [6.45, 7) is 2.65. The van der Waals surface area contributed by atoms with E-state index < -0.39 is 0 Å². The lowest BCUT2D eigenvalue weighted by atomic mass is 10.1. The highest BCUT2D eigenvalue weighted by atomic mass is 16.5. The van der Waals surface area contributed by atoms with Crippen molar-refractivity contribution in [1.29, 1.82) is 0 Å². The Morgan fingerprint density at radius 3 is 1.64 bits per heavy atom. The molecule has 2 aromatic carbocycles. The quantitative estimate of drug-likeness (QED) is 0.310. The molecule has 0 unspecified atom stereocenters. The van der Waals surface area contributed by atoms with Gasteiger partial charge >= 0.3 is 5.97 Å². The number of benzene rings is 2. The number of anilines is 2. The highest BCUT2D eigenvalue weighted by molar-refractivity contribution is 5.94. The number of ether oxygens (including phenoxy) is 2. The summed E-state index contributed by atoms with van der Waals surface area (Å²) < 4.78 is 9.97. The summed E-state index contributed by atoms with van der Waals surface area (Å²) in [6, 6.07) is 13.6. The van der Waals surface area contributed by atoms with Crippen molar-refractivity contribution in [3.05, 3.63) is 59.7 Å². The first-order valence-corrected chi connectivity index (χ1v) is 8.32. The number of rotatable bonds is 7. The molecular weight excluding hydrogens is 356 g/mol. The SMILES string of the molecule is C.C.CC(=O)c1ccc(N)cc1.COCCCCOC(=O)c1ccc(N)cc1. The van der Waals surface area contributed by atoms with E-state index in [2.05, 4.69) is 0 Å². The molecule has 0 heterocycles. The minimum atomic E-state index is -0.308. The largest absolute Gasteiger partial charge is 0.462 e. The number of esters is 1. The van der Waals surface area contributed by atoms with Crippen LogP contribution in [0.5, 0.6) is 0 Å². The first-order valence-electron chi connectivity index (χ1n) is 8.32. The summed E-state index contributed by atoms with van der Waals surface area (Å²) in [5.41, 5.74) is 13.5. The number of Topliss-reactive ketones (excluding diaryl/α,β-unsaturated/α-hetero) is 1. The molecule has 0 aliphatic heterocycles. The first kappa shape index (κ1) is 27.4. The number of nitrogens with two attached hydrogens (primary N) is 2. The van der Waals surface area contributed by atoms with E-state index in [-0.39, 0.29) is 26.6 Å². The fraction of sp³-hybridized carbons (Fsp3) is 0.364. The van der Waals surface area contributed by atoms with Crippen molar-refractivity contribution >= 4 is 23.1 Å². The molecule has 2 aromatic rings. The Labute approximate surface area is 168 Å². The smallest absolute Gasteiger partial charge is 0.338 e. The highest BCUT2D eigenvalue weighted by Gasteiger charge is 2.05. The molecule has 6 heteroatoms. The molecule has 0 aromatic heterocycles. The summed E-state index contributed by atoms with van der Waals surface area (Å²) >= 11 is 0. The average molecular weight is 391 g/mol. The maximum absolute atomic E-state index is 11.5. The molecule has 2 rings (SSSR count). The zero-order valence-corrected chi connectivity index (χ0v) is 15.2. The van der Waals surface area contributed by atoms with Crippen LogP contribution in [0.4, 0.5) is 11.4 Å². The minimum Gasteiger partial charge on any atom is -0.462 e. The molecule has 0 saturated heterocycles. The van der Waals surface area contributed by atoms with E-state index >= 15 is 0 Å². The zero-order chi connectivity index (χ0) is 19.4. The van der Waals surface area contributed by atoms with Gasteiger partial charge in [0.1, 0.15) is 0 Å². The molecule has 28 heavy (non-hydrogen) atoms. The molecule has 0 radical (unpaired) electrons. The molecule has 0 fully saturated rings. The number of carbonyl (C=O) groups is 2. The maximum Gasteiger partial charge on any atom is 0.338 e.